The molecule has 1 aromatic carbocycles. The maximum absolute atomic E-state index is 12.3. The minimum Gasteiger partial charge on any atom is -0.435 e. The van der Waals surface area contributed by atoms with Crippen molar-refractivity contribution in [3.63, 3.8) is 0 Å². The number of ether oxygens (including phenoxy) is 1. The molecule has 0 bridgehead atoms. The SMILES string of the molecule is Cn1nc(C2CCNCC2)nc1NC(=O)c1cccc(OC(F)F)c1. The van der Waals surface area contributed by atoms with Crippen LogP contribution in [-0.2, 0) is 7.05 Å². The van der Waals surface area contributed by atoms with E-state index >= 15 is 0 Å². The molecule has 25 heavy (non-hydrogen) atoms. The van der Waals surface area contributed by atoms with Crippen molar-refractivity contribution < 1.29 is 18.3 Å². The standard InChI is InChI=1S/C16H19F2N5O2/c1-23-16(20-13(22-23)10-5-7-19-8-6-10)21-14(24)11-3-2-4-12(9-11)25-15(17)18/h2-4,9-10,15,19H,5-8H2,1H3,(H,20,21,22,24). The highest BCUT2D eigenvalue weighted by Crippen LogP contribution is 2.23. The molecule has 0 saturated carbocycles. The highest BCUT2D eigenvalue weighted by atomic mass is 19.3. The zero-order valence-corrected chi connectivity index (χ0v) is 13.7. The number of piperidine rings is 1. The first-order valence-electron chi connectivity index (χ1n) is 8.01. The van der Waals surface area contributed by atoms with Gasteiger partial charge in [-0.3, -0.25) is 10.1 Å². The fourth-order valence-corrected chi connectivity index (χ4v) is 2.75. The van der Waals surface area contributed by atoms with Crippen LogP contribution in [0, 0.1) is 0 Å². The maximum Gasteiger partial charge on any atom is 0.387 e. The smallest absolute Gasteiger partial charge is 0.387 e. The zero-order chi connectivity index (χ0) is 17.8. The average molecular weight is 351 g/mol. The Bertz CT molecular complexity index is 744. The lowest BCUT2D eigenvalue weighted by Gasteiger charge is -2.19. The van der Waals surface area contributed by atoms with E-state index in [1.54, 1.807) is 7.05 Å². The van der Waals surface area contributed by atoms with Crippen molar-refractivity contribution >= 4 is 11.9 Å². The number of amides is 1. The normalized spacial score (nSPS) is 15.4. The Morgan fingerprint density at radius 1 is 1.40 bits per heavy atom. The van der Waals surface area contributed by atoms with Crippen LogP contribution in [0.1, 0.15) is 34.9 Å². The van der Waals surface area contributed by atoms with Gasteiger partial charge < -0.3 is 10.1 Å². The van der Waals surface area contributed by atoms with Gasteiger partial charge in [-0.15, -0.1) is 0 Å². The van der Waals surface area contributed by atoms with Crippen molar-refractivity contribution in [1.82, 2.24) is 20.1 Å². The molecule has 134 valence electrons. The van der Waals surface area contributed by atoms with E-state index in [-0.39, 0.29) is 17.2 Å². The number of anilines is 1. The van der Waals surface area contributed by atoms with E-state index in [0.717, 1.165) is 25.9 Å². The van der Waals surface area contributed by atoms with E-state index < -0.39 is 12.5 Å². The van der Waals surface area contributed by atoms with Gasteiger partial charge in [-0.2, -0.15) is 18.9 Å². The minimum absolute atomic E-state index is 0.0731. The van der Waals surface area contributed by atoms with Gasteiger partial charge >= 0.3 is 6.61 Å². The first-order valence-corrected chi connectivity index (χ1v) is 8.01. The predicted molar refractivity (Wildman–Crippen MR) is 86.9 cm³/mol. The Morgan fingerprint density at radius 2 is 2.16 bits per heavy atom. The molecule has 1 fully saturated rings. The van der Waals surface area contributed by atoms with Crippen molar-refractivity contribution in [2.45, 2.75) is 25.4 Å². The summed E-state index contributed by atoms with van der Waals surface area (Å²) in [6.07, 6.45) is 1.90. The Morgan fingerprint density at radius 3 is 2.88 bits per heavy atom. The Balaban J connectivity index is 1.71. The van der Waals surface area contributed by atoms with Crippen molar-refractivity contribution in [3.05, 3.63) is 35.7 Å². The van der Waals surface area contributed by atoms with Crippen LogP contribution < -0.4 is 15.4 Å². The van der Waals surface area contributed by atoms with Crippen LogP contribution >= 0.6 is 0 Å². The van der Waals surface area contributed by atoms with Crippen LogP contribution in [0.3, 0.4) is 0 Å². The molecule has 0 radical (unpaired) electrons. The number of hydrogen-bond acceptors (Lipinski definition) is 5. The van der Waals surface area contributed by atoms with Crippen molar-refractivity contribution in [2.24, 2.45) is 7.05 Å². The van der Waals surface area contributed by atoms with Crippen LogP contribution in [0.5, 0.6) is 5.75 Å². The fourth-order valence-electron chi connectivity index (χ4n) is 2.75. The van der Waals surface area contributed by atoms with Gasteiger partial charge in [-0.1, -0.05) is 6.07 Å². The second kappa shape index (κ2) is 7.56. The van der Waals surface area contributed by atoms with E-state index in [0.29, 0.717) is 11.8 Å². The van der Waals surface area contributed by atoms with Crippen LogP contribution in [-0.4, -0.2) is 40.4 Å². The van der Waals surface area contributed by atoms with Crippen LogP contribution in [0.4, 0.5) is 14.7 Å². The highest BCUT2D eigenvalue weighted by Gasteiger charge is 2.21. The molecule has 1 amide bonds. The highest BCUT2D eigenvalue weighted by molar-refractivity contribution is 6.03. The van der Waals surface area contributed by atoms with Gasteiger partial charge in [0.15, 0.2) is 5.82 Å². The molecule has 1 aromatic heterocycles. The summed E-state index contributed by atoms with van der Waals surface area (Å²) in [5.41, 5.74) is 0.199. The molecule has 3 rings (SSSR count). The summed E-state index contributed by atoms with van der Waals surface area (Å²) >= 11 is 0. The quantitative estimate of drug-likeness (QED) is 0.863. The summed E-state index contributed by atoms with van der Waals surface area (Å²) in [6.45, 7) is -1.10. The van der Waals surface area contributed by atoms with E-state index in [2.05, 4.69) is 25.5 Å². The molecule has 0 spiro atoms. The van der Waals surface area contributed by atoms with Gasteiger partial charge in [-0.05, 0) is 44.1 Å². The number of aromatic nitrogens is 3. The average Bonchev–Trinajstić information content (AvgIpc) is 2.96. The van der Waals surface area contributed by atoms with Gasteiger partial charge in [0.25, 0.3) is 5.91 Å². The van der Waals surface area contributed by atoms with Crippen LogP contribution in [0.25, 0.3) is 0 Å². The molecule has 9 heteroatoms. The monoisotopic (exact) mass is 351 g/mol. The molecule has 0 atom stereocenters. The molecule has 0 aliphatic carbocycles. The lowest BCUT2D eigenvalue weighted by Crippen LogP contribution is -2.27. The summed E-state index contributed by atoms with van der Waals surface area (Å²) < 4.78 is 30.4. The molecule has 7 nitrogen and oxygen atoms in total. The molecule has 1 saturated heterocycles. The van der Waals surface area contributed by atoms with Gasteiger partial charge in [0.2, 0.25) is 5.95 Å². The van der Waals surface area contributed by atoms with E-state index in [1.807, 2.05) is 0 Å². The van der Waals surface area contributed by atoms with Crippen LogP contribution in [0.15, 0.2) is 24.3 Å². The van der Waals surface area contributed by atoms with E-state index in [1.165, 1.54) is 28.9 Å². The minimum atomic E-state index is -2.94. The second-order valence-corrected chi connectivity index (χ2v) is 5.80. The molecule has 2 N–H and O–H groups in total. The largest absolute Gasteiger partial charge is 0.435 e. The van der Waals surface area contributed by atoms with E-state index in [9.17, 15) is 13.6 Å². The maximum atomic E-state index is 12.3. The Labute approximate surface area is 143 Å². The number of carbonyl (C=O) groups excluding carboxylic acids is 1. The lowest BCUT2D eigenvalue weighted by atomic mass is 9.98. The number of nitrogens with zero attached hydrogens (tertiary/aromatic N) is 3. The van der Waals surface area contributed by atoms with Gasteiger partial charge in [0, 0.05) is 18.5 Å². The zero-order valence-electron chi connectivity index (χ0n) is 13.7. The second-order valence-electron chi connectivity index (χ2n) is 5.80. The van der Waals surface area contributed by atoms with Crippen molar-refractivity contribution in [1.29, 1.82) is 0 Å². The number of carbonyl (C=O) groups is 1. The third-order valence-corrected chi connectivity index (χ3v) is 4.03. The number of rotatable bonds is 5. The van der Waals surface area contributed by atoms with Gasteiger partial charge in [-0.25, -0.2) is 4.68 Å². The number of benzene rings is 1. The molecular formula is C16H19F2N5O2. The fraction of sp³-hybridized carbons (Fsp3) is 0.438. The van der Waals surface area contributed by atoms with Gasteiger partial charge in [0.05, 0.1) is 0 Å². The van der Waals surface area contributed by atoms with Crippen molar-refractivity contribution in [2.75, 3.05) is 18.4 Å². The van der Waals surface area contributed by atoms with Crippen LogP contribution in [0.2, 0.25) is 0 Å². The topological polar surface area (TPSA) is 81.1 Å². The summed E-state index contributed by atoms with van der Waals surface area (Å²) in [5.74, 6) is 0.747. The molecule has 0 unspecified atom stereocenters. The van der Waals surface area contributed by atoms with Crippen molar-refractivity contribution in [3.8, 4) is 5.75 Å². The molecule has 1 aliphatic rings. The summed E-state index contributed by atoms with van der Waals surface area (Å²) in [6, 6.07) is 5.60. The number of nitrogens with one attached hydrogen (secondary N) is 2. The summed E-state index contributed by atoms with van der Waals surface area (Å²) in [7, 11) is 1.70. The first kappa shape index (κ1) is 17.3. The Kier molecular flexibility index (Phi) is 5.22. The number of alkyl halides is 2. The third kappa shape index (κ3) is 4.30. The van der Waals surface area contributed by atoms with Gasteiger partial charge in [0.1, 0.15) is 5.75 Å². The molecule has 2 aromatic rings. The lowest BCUT2D eigenvalue weighted by molar-refractivity contribution is -0.0498. The third-order valence-electron chi connectivity index (χ3n) is 4.03. The Hall–Kier alpha value is -2.55. The molecule has 2 heterocycles. The predicted octanol–water partition coefficient (Wildman–Crippen LogP) is 2.14. The first-order chi connectivity index (χ1) is 12.0. The number of aryl methyl sites for hydroxylation is 1. The number of hydrogen-bond donors (Lipinski definition) is 2. The van der Waals surface area contributed by atoms with E-state index in [4.69, 9.17) is 0 Å². The number of halogens is 2. The molecule has 1 aliphatic heterocycles. The summed E-state index contributed by atoms with van der Waals surface area (Å²) in [5, 5.41) is 10.3. The molecular weight excluding hydrogens is 332 g/mol. The summed E-state index contributed by atoms with van der Waals surface area (Å²) in [4.78, 5) is 16.8.